The van der Waals surface area contributed by atoms with Crippen LogP contribution in [0.15, 0.2) is 18.2 Å². The number of rotatable bonds is 24. The quantitative estimate of drug-likeness (QED) is 0.0876. The van der Waals surface area contributed by atoms with E-state index in [1.807, 2.05) is 0 Å². The number of nitro benzene ring substituents is 2. The van der Waals surface area contributed by atoms with Crippen LogP contribution in [0.25, 0.3) is 0 Å². The van der Waals surface area contributed by atoms with Crippen LogP contribution >= 0.6 is 0 Å². The lowest BCUT2D eigenvalue weighted by Gasteiger charge is -2.09. The molecule has 0 bridgehead atoms. The van der Waals surface area contributed by atoms with Crippen molar-refractivity contribution in [3.8, 4) is 0 Å². The number of hydrogen-bond acceptors (Lipinski definition) is 13. The lowest BCUT2D eigenvalue weighted by molar-refractivity contribution is -0.393. The molecule has 1 aromatic carbocycles. The third kappa shape index (κ3) is 17.2. The Morgan fingerprint density at radius 3 is 1.54 bits per heavy atom. The molecule has 0 aliphatic heterocycles. The van der Waals surface area contributed by atoms with Gasteiger partial charge in [-0.1, -0.05) is 0 Å². The van der Waals surface area contributed by atoms with Crippen LogP contribution in [0, 0.1) is 20.2 Å². The number of anilines is 1. The maximum Gasteiger partial charge on any atom is 0.302 e. The van der Waals surface area contributed by atoms with E-state index < -0.39 is 9.85 Å². The Morgan fingerprint density at radius 2 is 1.14 bits per heavy atom. The Balaban J connectivity index is 1.85. The van der Waals surface area contributed by atoms with Gasteiger partial charge in [0.2, 0.25) is 0 Å². The van der Waals surface area contributed by atoms with E-state index in [1.54, 1.807) is 0 Å². The van der Waals surface area contributed by atoms with Gasteiger partial charge in [-0.2, -0.15) is 0 Å². The number of nitro groups is 2. The van der Waals surface area contributed by atoms with Gasteiger partial charge in [0, 0.05) is 19.5 Å². The molecule has 1 N–H and O–H groups in total. The summed E-state index contributed by atoms with van der Waals surface area (Å²) in [5, 5.41) is 24.7. The van der Waals surface area contributed by atoms with Crippen molar-refractivity contribution in [3.05, 3.63) is 38.4 Å². The van der Waals surface area contributed by atoms with Crippen molar-refractivity contribution >= 4 is 23.0 Å². The third-order valence-electron chi connectivity index (χ3n) is 4.34. The second kappa shape index (κ2) is 21.2. The number of nitrogens with zero attached hydrogens (tertiary/aromatic N) is 2. The molecule has 210 valence electrons. The monoisotopic (exact) mass is 533 g/mol. The predicted octanol–water partition coefficient (Wildman–Crippen LogP) is 1.58. The summed E-state index contributed by atoms with van der Waals surface area (Å²) in [6.45, 7) is 6.59. The zero-order valence-electron chi connectivity index (χ0n) is 20.9. The Morgan fingerprint density at radius 1 is 0.703 bits per heavy atom. The molecule has 1 aromatic rings. The predicted molar refractivity (Wildman–Crippen MR) is 130 cm³/mol. The lowest BCUT2D eigenvalue weighted by atomic mass is 10.2. The minimum atomic E-state index is -0.685. The largest absolute Gasteiger partial charge is 0.463 e. The van der Waals surface area contributed by atoms with E-state index in [4.69, 9.17) is 33.2 Å². The fraction of sp³-hybridized carbons (Fsp3) is 0.682. The topological polar surface area (TPSA) is 180 Å². The van der Waals surface area contributed by atoms with Crippen molar-refractivity contribution in [2.75, 3.05) is 97.8 Å². The highest BCUT2D eigenvalue weighted by Crippen LogP contribution is 2.28. The van der Waals surface area contributed by atoms with Crippen LogP contribution in [0.1, 0.15) is 6.92 Å². The summed E-state index contributed by atoms with van der Waals surface area (Å²) < 4.78 is 36.8. The van der Waals surface area contributed by atoms with Crippen molar-refractivity contribution in [2.24, 2.45) is 0 Å². The van der Waals surface area contributed by atoms with Gasteiger partial charge < -0.3 is 38.5 Å². The Kier molecular flexibility index (Phi) is 18.4. The van der Waals surface area contributed by atoms with Crippen LogP contribution in [-0.2, 0) is 38.0 Å². The molecule has 0 radical (unpaired) electrons. The number of carbonyl (C=O) groups is 1. The molecule has 0 heterocycles. The molecule has 0 saturated heterocycles. The van der Waals surface area contributed by atoms with Gasteiger partial charge >= 0.3 is 5.97 Å². The summed E-state index contributed by atoms with van der Waals surface area (Å²) in [4.78, 5) is 31.0. The zero-order valence-corrected chi connectivity index (χ0v) is 20.9. The first-order valence-electron chi connectivity index (χ1n) is 11.7. The summed E-state index contributed by atoms with van der Waals surface area (Å²) in [5.41, 5.74) is -0.531. The number of benzene rings is 1. The van der Waals surface area contributed by atoms with E-state index in [0.29, 0.717) is 72.7 Å². The molecule has 15 nitrogen and oxygen atoms in total. The van der Waals surface area contributed by atoms with E-state index in [-0.39, 0.29) is 42.8 Å². The summed E-state index contributed by atoms with van der Waals surface area (Å²) in [5.74, 6) is -0.331. The first-order chi connectivity index (χ1) is 17.9. The van der Waals surface area contributed by atoms with Crippen molar-refractivity contribution in [3.63, 3.8) is 0 Å². The summed E-state index contributed by atoms with van der Waals surface area (Å²) in [6.07, 6.45) is 0. The lowest BCUT2D eigenvalue weighted by Crippen LogP contribution is -2.15. The van der Waals surface area contributed by atoms with E-state index in [0.717, 1.165) is 6.07 Å². The summed E-state index contributed by atoms with van der Waals surface area (Å²) in [7, 11) is 0. The van der Waals surface area contributed by atoms with Crippen molar-refractivity contribution in [2.45, 2.75) is 6.92 Å². The van der Waals surface area contributed by atoms with Crippen molar-refractivity contribution < 1.29 is 47.8 Å². The number of carbonyl (C=O) groups excluding carboxylic acids is 1. The van der Waals surface area contributed by atoms with Gasteiger partial charge in [0.05, 0.1) is 95.2 Å². The van der Waals surface area contributed by atoms with Crippen molar-refractivity contribution in [1.82, 2.24) is 0 Å². The van der Waals surface area contributed by atoms with E-state index in [2.05, 4.69) is 5.32 Å². The molecule has 37 heavy (non-hydrogen) atoms. The number of nitrogens with one attached hydrogen (secondary N) is 1. The number of esters is 1. The zero-order chi connectivity index (χ0) is 27.1. The Hall–Kier alpha value is -2.95. The molecular weight excluding hydrogens is 498 g/mol. The Labute approximate surface area is 214 Å². The molecule has 0 amide bonds. The first kappa shape index (κ1) is 32.1. The highest BCUT2D eigenvalue weighted by atomic mass is 16.6. The minimum Gasteiger partial charge on any atom is -0.463 e. The third-order valence-corrected chi connectivity index (χ3v) is 4.34. The van der Waals surface area contributed by atoms with E-state index in [1.165, 1.54) is 19.1 Å². The molecule has 0 aliphatic carbocycles. The van der Waals surface area contributed by atoms with Gasteiger partial charge in [0.25, 0.3) is 11.4 Å². The van der Waals surface area contributed by atoms with Gasteiger partial charge in [-0.25, -0.2) is 0 Å². The average Bonchev–Trinajstić information content (AvgIpc) is 2.86. The van der Waals surface area contributed by atoms with Crippen LogP contribution in [0.3, 0.4) is 0 Å². The standard InChI is InChI=1S/C22H35N3O12/c1-19(26)37-17-16-36-15-14-35-13-12-34-11-10-33-9-8-32-7-6-31-5-4-23-21-3-2-20(24(27)28)18-22(21)25(29)30/h2-3,18,23H,4-17H2,1H3. The highest BCUT2D eigenvalue weighted by molar-refractivity contribution is 5.66. The fourth-order valence-electron chi connectivity index (χ4n) is 2.64. The highest BCUT2D eigenvalue weighted by Gasteiger charge is 2.18. The van der Waals surface area contributed by atoms with Gasteiger partial charge in [0.1, 0.15) is 12.3 Å². The molecule has 0 aliphatic rings. The molecule has 1 rings (SSSR count). The molecule has 15 heteroatoms. The smallest absolute Gasteiger partial charge is 0.302 e. The van der Waals surface area contributed by atoms with Crippen LogP contribution in [0.4, 0.5) is 17.1 Å². The van der Waals surface area contributed by atoms with Crippen LogP contribution < -0.4 is 5.32 Å². The SMILES string of the molecule is CC(=O)OCCOCCOCCOCCOCCOCCOCCNc1ccc([N+](=O)[O-])cc1[N+](=O)[O-]. The van der Waals surface area contributed by atoms with Gasteiger partial charge in [0.15, 0.2) is 0 Å². The number of ether oxygens (including phenoxy) is 7. The second-order valence-corrected chi connectivity index (χ2v) is 7.16. The fourth-order valence-corrected chi connectivity index (χ4v) is 2.64. The van der Waals surface area contributed by atoms with E-state index >= 15 is 0 Å². The molecule has 0 saturated carbocycles. The molecular formula is C22H35N3O12. The summed E-state index contributed by atoms with van der Waals surface area (Å²) in [6, 6.07) is 3.41. The average molecular weight is 534 g/mol. The van der Waals surface area contributed by atoms with Gasteiger partial charge in [-0.15, -0.1) is 0 Å². The number of non-ortho nitro benzene ring substituents is 1. The molecule has 0 aromatic heterocycles. The van der Waals surface area contributed by atoms with E-state index in [9.17, 15) is 25.0 Å². The maximum atomic E-state index is 11.1. The maximum absolute atomic E-state index is 11.1. The molecule has 0 atom stereocenters. The van der Waals surface area contributed by atoms with Crippen LogP contribution in [0.2, 0.25) is 0 Å². The van der Waals surface area contributed by atoms with Crippen LogP contribution in [0.5, 0.6) is 0 Å². The minimum absolute atomic E-state index is 0.184. The summed E-state index contributed by atoms with van der Waals surface area (Å²) >= 11 is 0. The molecule has 0 unspecified atom stereocenters. The van der Waals surface area contributed by atoms with Crippen LogP contribution in [-0.4, -0.2) is 108 Å². The molecule has 0 spiro atoms. The number of hydrogen-bond donors (Lipinski definition) is 1. The van der Waals surface area contributed by atoms with Gasteiger partial charge in [-0.05, 0) is 6.07 Å². The first-order valence-corrected chi connectivity index (χ1v) is 11.7. The van der Waals surface area contributed by atoms with Gasteiger partial charge in [-0.3, -0.25) is 25.0 Å². The normalized spacial score (nSPS) is 10.8. The Bertz CT molecular complexity index is 796. The van der Waals surface area contributed by atoms with Crippen molar-refractivity contribution in [1.29, 1.82) is 0 Å². The molecule has 0 fully saturated rings. The second-order valence-electron chi connectivity index (χ2n) is 7.16.